The Morgan fingerprint density at radius 3 is 2.48 bits per heavy atom. The summed E-state index contributed by atoms with van der Waals surface area (Å²) in [6.45, 7) is 11.1. The fourth-order valence-electron chi connectivity index (χ4n) is 2.88. The first-order valence-corrected chi connectivity index (χ1v) is 8.08. The van der Waals surface area contributed by atoms with Crippen molar-refractivity contribution in [3.63, 3.8) is 0 Å². The molecule has 0 spiro atoms. The van der Waals surface area contributed by atoms with Crippen LogP contribution in [0.4, 0.5) is 0 Å². The van der Waals surface area contributed by atoms with Gasteiger partial charge in [-0.05, 0) is 50.7 Å². The predicted octanol–water partition coefficient (Wildman–Crippen LogP) is 3.68. The van der Waals surface area contributed by atoms with Crippen molar-refractivity contribution in [2.24, 2.45) is 5.73 Å². The molecule has 0 aliphatic carbocycles. The second-order valence-corrected chi connectivity index (χ2v) is 6.09. The molecule has 3 heteroatoms. The molecule has 120 valence electrons. The van der Waals surface area contributed by atoms with Crippen LogP contribution in [0.25, 0.3) is 0 Å². The number of hydrogen-bond donors (Lipinski definition) is 2. The summed E-state index contributed by atoms with van der Waals surface area (Å²) in [5.41, 5.74) is 9.59. The van der Waals surface area contributed by atoms with Crippen LogP contribution in [-0.2, 0) is 0 Å². The highest BCUT2D eigenvalue weighted by Gasteiger charge is 2.21. The molecule has 0 radical (unpaired) electrons. The van der Waals surface area contributed by atoms with Gasteiger partial charge in [-0.2, -0.15) is 0 Å². The van der Waals surface area contributed by atoms with E-state index in [1.807, 2.05) is 6.92 Å². The number of aliphatic hydroxyl groups is 1. The Labute approximate surface area is 129 Å². The normalized spacial score (nSPS) is 15.6. The largest absolute Gasteiger partial charge is 0.493 e. The molecule has 0 saturated carbocycles. The van der Waals surface area contributed by atoms with E-state index in [2.05, 4.69) is 39.8 Å². The molecule has 0 amide bonds. The third kappa shape index (κ3) is 5.01. The van der Waals surface area contributed by atoms with Crippen molar-refractivity contribution in [2.45, 2.75) is 71.9 Å². The van der Waals surface area contributed by atoms with Crippen LogP contribution in [0.1, 0.15) is 62.6 Å². The molecule has 1 rings (SSSR count). The van der Waals surface area contributed by atoms with Gasteiger partial charge >= 0.3 is 0 Å². The van der Waals surface area contributed by atoms with Crippen molar-refractivity contribution in [3.8, 4) is 5.75 Å². The van der Waals surface area contributed by atoms with E-state index in [0.29, 0.717) is 13.0 Å². The number of nitrogens with two attached hydrogens (primary N) is 1. The summed E-state index contributed by atoms with van der Waals surface area (Å²) in [5.74, 6) is 1.19. The number of aryl methyl sites for hydroxylation is 2. The molecule has 3 nitrogen and oxygen atoms in total. The molecule has 0 heterocycles. The fourth-order valence-corrected chi connectivity index (χ4v) is 2.88. The third-order valence-electron chi connectivity index (χ3n) is 3.98. The topological polar surface area (TPSA) is 55.5 Å². The first-order chi connectivity index (χ1) is 9.90. The highest BCUT2D eigenvalue weighted by atomic mass is 16.5. The van der Waals surface area contributed by atoms with Crippen LogP contribution < -0.4 is 10.5 Å². The summed E-state index contributed by atoms with van der Waals surface area (Å²) in [4.78, 5) is 0. The highest BCUT2D eigenvalue weighted by Crippen LogP contribution is 2.34. The van der Waals surface area contributed by atoms with Gasteiger partial charge in [-0.15, -0.1) is 0 Å². The molecular formula is C18H31NO2. The number of benzene rings is 1. The lowest BCUT2D eigenvalue weighted by Gasteiger charge is -2.24. The van der Waals surface area contributed by atoms with Crippen LogP contribution in [0, 0.1) is 13.8 Å². The zero-order valence-corrected chi connectivity index (χ0v) is 14.1. The van der Waals surface area contributed by atoms with E-state index >= 15 is 0 Å². The molecule has 1 aromatic rings. The quantitative estimate of drug-likeness (QED) is 0.768. The van der Waals surface area contributed by atoms with Crippen molar-refractivity contribution in [1.82, 2.24) is 0 Å². The minimum Gasteiger partial charge on any atom is -0.493 e. The Kier molecular flexibility index (Phi) is 7.20. The summed E-state index contributed by atoms with van der Waals surface area (Å²) in [6, 6.07) is 4.17. The summed E-state index contributed by atoms with van der Waals surface area (Å²) in [6.07, 6.45) is 2.07. The van der Waals surface area contributed by atoms with E-state index in [9.17, 15) is 5.11 Å². The van der Waals surface area contributed by atoms with Crippen LogP contribution in [0.15, 0.2) is 12.1 Å². The summed E-state index contributed by atoms with van der Waals surface area (Å²) in [5, 5.41) is 10.3. The van der Waals surface area contributed by atoms with Crippen molar-refractivity contribution in [1.29, 1.82) is 0 Å². The van der Waals surface area contributed by atoms with Gasteiger partial charge in [-0.3, -0.25) is 0 Å². The van der Waals surface area contributed by atoms with E-state index in [-0.39, 0.29) is 12.0 Å². The van der Waals surface area contributed by atoms with Crippen LogP contribution in [0.2, 0.25) is 0 Å². The Morgan fingerprint density at radius 2 is 1.90 bits per heavy atom. The Balaban J connectivity index is 2.93. The maximum Gasteiger partial charge on any atom is 0.125 e. The van der Waals surface area contributed by atoms with Gasteiger partial charge < -0.3 is 15.6 Å². The van der Waals surface area contributed by atoms with E-state index < -0.39 is 6.10 Å². The summed E-state index contributed by atoms with van der Waals surface area (Å²) < 4.78 is 5.82. The lowest BCUT2D eigenvalue weighted by molar-refractivity contribution is 0.123. The Morgan fingerprint density at radius 1 is 1.24 bits per heavy atom. The molecule has 0 fully saturated rings. The van der Waals surface area contributed by atoms with Gasteiger partial charge in [0.1, 0.15) is 5.75 Å². The molecule has 0 bridgehead atoms. The molecule has 21 heavy (non-hydrogen) atoms. The molecule has 0 aromatic heterocycles. The van der Waals surface area contributed by atoms with Gasteiger partial charge in [0.05, 0.1) is 12.7 Å². The van der Waals surface area contributed by atoms with Gasteiger partial charge in [0.2, 0.25) is 0 Å². The molecule has 0 aliphatic rings. The molecular weight excluding hydrogens is 262 g/mol. The van der Waals surface area contributed by atoms with Crippen molar-refractivity contribution in [2.75, 3.05) is 6.61 Å². The van der Waals surface area contributed by atoms with E-state index in [4.69, 9.17) is 10.5 Å². The molecule has 3 unspecified atom stereocenters. The van der Waals surface area contributed by atoms with E-state index in [0.717, 1.165) is 24.2 Å². The second kappa shape index (κ2) is 8.40. The molecule has 1 aromatic carbocycles. The number of ether oxygens (including phenoxy) is 1. The van der Waals surface area contributed by atoms with Crippen LogP contribution in [0.3, 0.4) is 0 Å². The van der Waals surface area contributed by atoms with Crippen molar-refractivity contribution < 1.29 is 9.84 Å². The fraction of sp³-hybridized carbons (Fsp3) is 0.667. The Hall–Kier alpha value is -1.06. The number of aliphatic hydroxyl groups excluding tert-OH is 1. The standard InChI is InChI=1S/C18H31NO2/c1-6-8-16(19)17(20)11-13(4)15-10-12(3)9-14(5)18(15)21-7-2/h9-10,13,16-17,20H,6-8,11,19H2,1-5H3. The van der Waals surface area contributed by atoms with Crippen molar-refractivity contribution in [3.05, 3.63) is 28.8 Å². The SMILES string of the molecule is CCCC(N)C(O)CC(C)c1cc(C)cc(C)c1OCC. The van der Waals surface area contributed by atoms with Gasteiger partial charge in [0.15, 0.2) is 0 Å². The average Bonchev–Trinajstić information content (AvgIpc) is 2.41. The molecule has 0 saturated heterocycles. The van der Waals surface area contributed by atoms with Crippen molar-refractivity contribution >= 4 is 0 Å². The lowest BCUT2D eigenvalue weighted by Crippen LogP contribution is -2.35. The average molecular weight is 293 g/mol. The number of rotatable bonds is 8. The van der Waals surface area contributed by atoms with E-state index in [1.165, 1.54) is 11.1 Å². The van der Waals surface area contributed by atoms with E-state index in [1.54, 1.807) is 0 Å². The van der Waals surface area contributed by atoms with Gasteiger partial charge in [-0.1, -0.05) is 38.0 Å². The van der Waals surface area contributed by atoms with Gasteiger partial charge in [0, 0.05) is 6.04 Å². The first kappa shape index (κ1) is 18.0. The van der Waals surface area contributed by atoms with Crippen LogP contribution in [0.5, 0.6) is 5.75 Å². The predicted molar refractivity (Wildman–Crippen MR) is 89.0 cm³/mol. The summed E-state index contributed by atoms with van der Waals surface area (Å²) in [7, 11) is 0. The lowest BCUT2D eigenvalue weighted by atomic mass is 9.89. The zero-order chi connectivity index (χ0) is 16.0. The minimum absolute atomic E-state index is 0.140. The molecule has 3 N–H and O–H groups in total. The second-order valence-electron chi connectivity index (χ2n) is 6.09. The highest BCUT2D eigenvalue weighted by molar-refractivity contribution is 5.45. The Bertz CT molecular complexity index is 445. The maximum absolute atomic E-state index is 10.3. The van der Waals surface area contributed by atoms with Gasteiger partial charge in [-0.25, -0.2) is 0 Å². The molecule has 0 aliphatic heterocycles. The van der Waals surface area contributed by atoms with Gasteiger partial charge in [0.25, 0.3) is 0 Å². The molecule has 3 atom stereocenters. The zero-order valence-electron chi connectivity index (χ0n) is 14.1. The minimum atomic E-state index is -0.463. The number of hydrogen-bond acceptors (Lipinski definition) is 3. The maximum atomic E-state index is 10.3. The van der Waals surface area contributed by atoms with Crippen LogP contribution >= 0.6 is 0 Å². The monoisotopic (exact) mass is 293 g/mol. The first-order valence-electron chi connectivity index (χ1n) is 8.08. The third-order valence-corrected chi connectivity index (χ3v) is 3.98. The summed E-state index contributed by atoms with van der Waals surface area (Å²) >= 11 is 0. The smallest absolute Gasteiger partial charge is 0.125 e. The van der Waals surface area contributed by atoms with Crippen LogP contribution in [-0.4, -0.2) is 23.9 Å².